The van der Waals surface area contributed by atoms with Crippen molar-refractivity contribution in [3.05, 3.63) is 6.04 Å². The van der Waals surface area contributed by atoms with E-state index in [4.69, 9.17) is 0 Å². The van der Waals surface area contributed by atoms with E-state index >= 15 is 0 Å². The molecule has 0 bridgehead atoms. The Bertz CT molecular complexity index is 182. The molecule has 2 aliphatic rings. The predicted octanol–water partition coefficient (Wildman–Crippen LogP) is -0.136. The molecule has 2 fully saturated rings. The van der Waals surface area contributed by atoms with Crippen LogP contribution in [0.15, 0.2) is 0 Å². The first-order valence-electron chi connectivity index (χ1n) is 3.28. The third kappa shape index (κ3) is 0.558. The van der Waals surface area contributed by atoms with Gasteiger partial charge in [0, 0.05) is 6.54 Å². The van der Waals surface area contributed by atoms with Gasteiger partial charge in [-0.2, -0.15) is 0 Å². The summed E-state index contributed by atoms with van der Waals surface area (Å²) in [6.45, 7) is 0.701. The summed E-state index contributed by atoms with van der Waals surface area (Å²) in [5.74, 6) is -0.206. The minimum absolute atomic E-state index is 0.206. The smallest absolute Gasteiger partial charge is 0.307 e. The Morgan fingerprint density at radius 1 is 1.40 bits per heavy atom. The number of rotatable bonds is 0. The Morgan fingerprint density at radius 2 is 2.20 bits per heavy atom. The van der Waals surface area contributed by atoms with Crippen molar-refractivity contribution in [1.82, 2.24) is 10.2 Å². The molecule has 53 valence electrons. The summed E-state index contributed by atoms with van der Waals surface area (Å²) in [6, 6.07) is 0.391. The van der Waals surface area contributed by atoms with E-state index in [0.717, 1.165) is 12.8 Å². The second-order valence-corrected chi connectivity index (χ2v) is 2.46. The number of urea groups is 1. The third-order valence-corrected chi connectivity index (χ3v) is 1.85. The van der Waals surface area contributed by atoms with E-state index < -0.39 is 0 Å². The van der Waals surface area contributed by atoms with Gasteiger partial charge >= 0.3 is 6.03 Å². The molecule has 10 heavy (non-hydrogen) atoms. The Balaban J connectivity index is 2.27. The van der Waals surface area contributed by atoms with Gasteiger partial charge in [-0.05, 0) is 12.8 Å². The normalized spacial score (nSPS) is 25.4. The summed E-state index contributed by atoms with van der Waals surface area (Å²) in [4.78, 5) is 23.2. The van der Waals surface area contributed by atoms with E-state index in [1.165, 1.54) is 4.90 Å². The van der Waals surface area contributed by atoms with Gasteiger partial charge in [-0.15, -0.1) is 0 Å². The van der Waals surface area contributed by atoms with Crippen LogP contribution in [0.1, 0.15) is 12.8 Å². The molecule has 2 heterocycles. The molecule has 1 N–H and O–H groups in total. The first-order valence-corrected chi connectivity index (χ1v) is 3.28. The van der Waals surface area contributed by atoms with Gasteiger partial charge < -0.3 is 4.90 Å². The first kappa shape index (κ1) is 5.70. The zero-order chi connectivity index (χ0) is 7.14. The zero-order valence-electron chi connectivity index (χ0n) is 5.39. The monoisotopic (exact) mass is 139 g/mol. The van der Waals surface area contributed by atoms with E-state index in [0.29, 0.717) is 12.6 Å². The summed E-state index contributed by atoms with van der Waals surface area (Å²) >= 11 is 0. The van der Waals surface area contributed by atoms with Crippen molar-refractivity contribution >= 4 is 11.9 Å². The van der Waals surface area contributed by atoms with Crippen molar-refractivity contribution < 1.29 is 9.59 Å². The van der Waals surface area contributed by atoms with Crippen molar-refractivity contribution in [3.63, 3.8) is 0 Å². The number of carbonyl (C=O) groups excluding carboxylic acids is 2. The summed E-state index contributed by atoms with van der Waals surface area (Å²) < 4.78 is 0. The largest absolute Gasteiger partial charge is 0.325 e. The molecule has 3 amide bonds. The average molecular weight is 139 g/mol. The highest BCUT2D eigenvalue weighted by atomic mass is 16.2. The number of hydrogen-bond donors (Lipinski definition) is 1. The molecule has 0 aliphatic carbocycles. The predicted molar refractivity (Wildman–Crippen MR) is 32.7 cm³/mol. The van der Waals surface area contributed by atoms with Gasteiger partial charge in [0.25, 0.3) is 5.91 Å². The molecular formula is C6H7N2O2. The fraction of sp³-hybridized carbons (Fsp3) is 0.500. The summed E-state index contributed by atoms with van der Waals surface area (Å²) in [6.07, 6.45) is 1.67. The molecule has 0 aromatic heterocycles. The molecule has 4 heteroatoms. The third-order valence-electron chi connectivity index (χ3n) is 1.85. The molecule has 0 aromatic rings. The second-order valence-electron chi connectivity index (χ2n) is 2.46. The molecule has 0 spiro atoms. The van der Waals surface area contributed by atoms with E-state index in [-0.39, 0.29) is 11.9 Å². The average Bonchev–Trinajstić information content (AvgIpc) is 2.39. The second kappa shape index (κ2) is 1.71. The SMILES string of the molecule is O=C1NC(=O)N2CCC[C]12. The minimum atomic E-state index is -0.252. The molecular weight excluding hydrogens is 132 g/mol. The van der Waals surface area contributed by atoms with E-state index in [1.807, 2.05) is 0 Å². The van der Waals surface area contributed by atoms with Gasteiger partial charge in [0.1, 0.15) is 0 Å². The van der Waals surface area contributed by atoms with Crippen LogP contribution in [0, 0.1) is 6.04 Å². The Labute approximate surface area is 58.2 Å². The summed E-state index contributed by atoms with van der Waals surface area (Å²) in [5, 5.41) is 2.23. The first-order chi connectivity index (χ1) is 4.79. The highest BCUT2D eigenvalue weighted by Gasteiger charge is 2.42. The van der Waals surface area contributed by atoms with Crippen molar-refractivity contribution in [1.29, 1.82) is 0 Å². The number of nitrogens with zero attached hydrogens (tertiary/aromatic N) is 1. The summed E-state index contributed by atoms with van der Waals surface area (Å²) in [7, 11) is 0. The van der Waals surface area contributed by atoms with Gasteiger partial charge in [0.15, 0.2) is 6.04 Å². The van der Waals surface area contributed by atoms with Crippen LogP contribution in [0.25, 0.3) is 0 Å². The fourth-order valence-corrected chi connectivity index (χ4v) is 1.37. The van der Waals surface area contributed by atoms with E-state index in [9.17, 15) is 9.59 Å². The van der Waals surface area contributed by atoms with Crippen LogP contribution in [0.4, 0.5) is 4.79 Å². The number of hydrogen-bond acceptors (Lipinski definition) is 2. The Kier molecular flexibility index (Phi) is 0.977. The fourth-order valence-electron chi connectivity index (χ4n) is 1.37. The van der Waals surface area contributed by atoms with Gasteiger partial charge in [-0.25, -0.2) is 4.79 Å². The lowest BCUT2D eigenvalue weighted by Crippen LogP contribution is -2.26. The standard InChI is InChI=1S/C6H7N2O2/c9-5-4-2-1-3-8(4)6(10)7-5/h1-3H2,(H,7,9,10). The maximum Gasteiger partial charge on any atom is 0.325 e. The molecule has 0 atom stereocenters. The highest BCUT2D eigenvalue weighted by molar-refractivity contribution is 6.09. The van der Waals surface area contributed by atoms with E-state index in [1.54, 1.807) is 0 Å². The van der Waals surface area contributed by atoms with Crippen molar-refractivity contribution in [2.24, 2.45) is 0 Å². The number of fused-ring (bicyclic) bond motifs is 1. The van der Waals surface area contributed by atoms with Crippen molar-refractivity contribution in [3.8, 4) is 0 Å². The quantitative estimate of drug-likeness (QED) is 0.475. The molecule has 4 nitrogen and oxygen atoms in total. The van der Waals surface area contributed by atoms with Crippen molar-refractivity contribution in [2.75, 3.05) is 6.54 Å². The lowest BCUT2D eigenvalue weighted by molar-refractivity contribution is -0.117. The molecule has 0 unspecified atom stereocenters. The molecule has 2 saturated heterocycles. The highest BCUT2D eigenvalue weighted by Crippen LogP contribution is 2.27. The van der Waals surface area contributed by atoms with Gasteiger partial charge in [0.2, 0.25) is 0 Å². The molecule has 0 saturated carbocycles. The van der Waals surface area contributed by atoms with Crippen LogP contribution in [0.5, 0.6) is 0 Å². The number of amides is 3. The topological polar surface area (TPSA) is 49.4 Å². The Hall–Kier alpha value is -1.06. The van der Waals surface area contributed by atoms with Gasteiger partial charge in [-0.3, -0.25) is 10.1 Å². The molecule has 0 aromatic carbocycles. The van der Waals surface area contributed by atoms with Crippen LogP contribution >= 0.6 is 0 Å². The number of nitrogens with one attached hydrogen (secondary N) is 1. The maximum atomic E-state index is 10.9. The maximum absolute atomic E-state index is 10.9. The van der Waals surface area contributed by atoms with Gasteiger partial charge in [0.05, 0.1) is 0 Å². The molecule has 1 radical (unpaired) electrons. The summed E-state index contributed by atoms with van der Waals surface area (Å²) in [5.41, 5.74) is 0. The Morgan fingerprint density at radius 3 is 2.90 bits per heavy atom. The van der Waals surface area contributed by atoms with Crippen LogP contribution in [-0.2, 0) is 4.79 Å². The molecule has 2 aliphatic heterocycles. The van der Waals surface area contributed by atoms with E-state index in [2.05, 4.69) is 5.32 Å². The van der Waals surface area contributed by atoms with Crippen LogP contribution < -0.4 is 5.32 Å². The lowest BCUT2D eigenvalue weighted by atomic mass is 10.2. The van der Waals surface area contributed by atoms with Gasteiger partial charge in [-0.1, -0.05) is 0 Å². The van der Waals surface area contributed by atoms with Crippen molar-refractivity contribution in [2.45, 2.75) is 12.8 Å². The zero-order valence-corrected chi connectivity index (χ0v) is 5.39. The number of carbonyl (C=O) groups is 2. The van der Waals surface area contributed by atoms with Crippen LogP contribution in [0.2, 0.25) is 0 Å². The van der Waals surface area contributed by atoms with Crippen LogP contribution in [-0.4, -0.2) is 23.4 Å². The van der Waals surface area contributed by atoms with Crippen LogP contribution in [0.3, 0.4) is 0 Å². The number of imide groups is 1. The molecule has 2 rings (SSSR count). The minimum Gasteiger partial charge on any atom is -0.307 e. The lowest BCUT2D eigenvalue weighted by Gasteiger charge is -2.07.